The van der Waals surface area contributed by atoms with Crippen molar-refractivity contribution in [2.75, 3.05) is 13.2 Å². The van der Waals surface area contributed by atoms with Crippen molar-refractivity contribution >= 4 is 5.91 Å². The number of hydrogen-bond donors (Lipinski definition) is 6. The molecular formula is C82H135NO8. The lowest BCUT2D eigenvalue weighted by Crippen LogP contribution is -2.60. The highest BCUT2D eigenvalue weighted by Crippen LogP contribution is 2.23. The second-order valence-corrected chi connectivity index (χ2v) is 24.6. The molecule has 0 aliphatic carbocycles. The standard InChI is InChI=1S/C82H135NO8/c1-3-5-7-9-11-13-15-17-19-21-23-25-27-29-31-33-34-35-36-37-38-39-40-41-42-44-46-48-50-52-54-56-58-60-62-64-66-68-70-72-78(86)83-75(74-90-82-81(89)80(88)79(87)77(73-84)91-82)76(85)71-69-67-65-63-61-59-57-55-53-51-49-47-45-43-32-30-28-26-24-22-20-18-16-14-12-10-8-6-4-2/h5,7,11,13,17,19,23,25,29,31,34-35,37-38,40-41,44,46,50,52,56,58,61-64,69,71,75-77,79-82,84-85,87-89H,3-4,6,8-10,12,14-16,18,20-22,24,26-28,30,32-33,36,39,42-43,45,47-49,51,53-55,57,59-60,65-68,70,72-74H2,1-2H3,(H,83,86)/b7-5-,13-11-,19-17-,25-23-,31-29-,35-34-,38-37-,41-40-,46-44-,52-50-,58-56-,63-61+,64-62-,71-69+. The Hall–Kier alpha value is -4.45. The van der Waals surface area contributed by atoms with Gasteiger partial charge in [0.15, 0.2) is 6.29 Å². The van der Waals surface area contributed by atoms with Crippen LogP contribution >= 0.6 is 0 Å². The minimum atomic E-state index is -1.59. The van der Waals surface area contributed by atoms with Gasteiger partial charge in [-0.2, -0.15) is 0 Å². The topological polar surface area (TPSA) is 149 Å². The smallest absolute Gasteiger partial charge is 0.220 e. The van der Waals surface area contributed by atoms with Gasteiger partial charge < -0.3 is 40.3 Å². The molecule has 9 heteroatoms. The summed E-state index contributed by atoms with van der Waals surface area (Å²) in [5.74, 6) is -0.233. The van der Waals surface area contributed by atoms with Gasteiger partial charge in [0.1, 0.15) is 24.4 Å². The summed E-state index contributed by atoms with van der Waals surface area (Å²) in [5.41, 5.74) is 0. The largest absolute Gasteiger partial charge is 0.394 e. The number of rotatable bonds is 62. The highest BCUT2D eigenvalue weighted by Gasteiger charge is 2.44. The molecule has 6 N–H and O–H groups in total. The Morgan fingerprint density at radius 3 is 1.05 bits per heavy atom. The highest BCUT2D eigenvalue weighted by atomic mass is 16.7. The molecule has 1 fully saturated rings. The van der Waals surface area contributed by atoms with E-state index >= 15 is 0 Å². The van der Waals surface area contributed by atoms with Gasteiger partial charge in [-0.05, 0) is 122 Å². The number of aliphatic hydroxyl groups is 5. The van der Waals surface area contributed by atoms with E-state index in [1.54, 1.807) is 6.08 Å². The van der Waals surface area contributed by atoms with Gasteiger partial charge in [0.25, 0.3) is 0 Å². The van der Waals surface area contributed by atoms with Gasteiger partial charge in [-0.15, -0.1) is 0 Å². The molecule has 0 spiro atoms. The number of nitrogens with one attached hydrogen (secondary N) is 1. The molecule has 1 saturated heterocycles. The van der Waals surface area contributed by atoms with Crippen LogP contribution in [0.15, 0.2) is 170 Å². The molecule has 0 saturated carbocycles. The van der Waals surface area contributed by atoms with Gasteiger partial charge in [-0.25, -0.2) is 0 Å². The number of unbranched alkanes of at least 4 members (excludes halogenated alkanes) is 26. The van der Waals surface area contributed by atoms with E-state index in [0.29, 0.717) is 6.42 Å². The zero-order valence-corrected chi connectivity index (χ0v) is 57.8. The van der Waals surface area contributed by atoms with Crippen LogP contribution in [-0.4, -0.2) is 87.5 Å². The lowest BCUT2D eigenvalue weighted by Gasteiger charge is -2.40. The molecule has 1 rings (SSSR count). The van der Waals surface area contributed by atoms with Crippen LogP contribution in [0, 0.1) is 0 Å². The zero-order chi connectivity index (χ0) is 65.7. The van der Waals surface area contributed by atoms with Gasteiger partial charge >= 0.3 is 0 Å². The van der Waals surface area contributed by atoms with Crippen molar-refractivity contribution in [2.45, 2.75) is 326 Å². The molecule has 0 radical (unpaired) electrons. The number of carbonyl (C=O) groups is 1. The first-order valence-corrected chi connectivity index (χ1v) is 36.9. The van der Waals surface area contributed by atoms with Crippen LogP contribution in [0.5, 0.6) is 0 Å². The van der Waals surface area contributed by atoms with Crippen LogP contribution in [-0.2, 0) is 14.3 Å². The van der Waals surface area contributed by atoms with Gasteiger partial charge in [0.05, 0.1) is 25.4 Å². The van der Waals surface area contributed by atoms with Gasteiger partial charge in [-0.3, -0.25) is 4.79 Å². The first-order chi connectivity index (χ1) is 44.8. The fourth-order valence-electron chi connectivity index (χ4n) is 10.6. The maximum absolute atomic E-state index is 13.1. The molecule has 0 bridgehead atoms. The van der Waals surface area contributed by atoms with Crippen molar-refractivity contribution in [1.82, 2.24) is 5.32 Å². The van der Waals surface area contributed by atoms with Gasteiger partial charge in [0, 0.05) is 6.42 Å². The van der Waals surface area contributed by atoms with E-state index in [4.69, 9.17) is 9.47 Å². The average molecular weight is 1260 g/mol. The highest BCUT2D eigenvalue weighted by molar-refractivity contribution is 5.76. The molecule has 0 aromatic rings. The van der Waals surface area contributed by atoms with E-state index in [-0.39, 0.29) is 18.9 Å². The molecule has 1 aliphatic heterocycles. The number of hydrogen-bond acceptors (Lipinski definition) is 8. The van der Waals surface area contributed by atoms with E-state index in [9.17, 15) is 30.3 Å². The first kappa shape index (κ1) is 84.6. The van der Waals surface area contributed by atoms with Crippen LogP contribution < -0.4 is 5.32 Å². The third-order valence-electron chi connectivity index (χ3n) is 16.3. The first-order valence-electron chi connectivity index (χ1n) is 36.9. The van der Waals surface area contributed by atoms with E-state index < -0.39 is 49.5 Å². The molecule has 7 atom stereocenters. The van der Waals surface area contributed by atoms with Crippen LogP contribution in [0.1, 0.15) is 284 Å². The summed E-state index contributed by atoms with van der Waals surface area (Å²) >= 11 is 0. The van der Waals surface area contributed by atoms with Crippen LogP contribution in [0.3, 0.4) is 0 Å². The fourth-order valence-corrected chi connectivity index (χ4v) is 10.6. The molecule has 91 heavy (non-hydrogen) atoms. The summed E-state index contributed by atoms with van der Waals surface area (Å²) in [4.78, 5) is 13.1. The van der Waals surface area contributed by atoms with Gasteiger partial charge in [-0.1, -0.05) is 325 Å². The Labute approximate surface area is 558 Å². The van der Waals surface area contributed by atoms with Crippen LogP contribution in [0.4, 0.5) is 0 Å². The number of amides is 1. The second-order valence-electron chi connectivity index (χ2n) is 24.6. The molecular weight excluding hydrogens is 1130 g/mol. The minimum Gasteiger partial charge on any atom is -0.394 e. The third kappa shape index (κ3) is 56.8. The van der Waals surface area contributed by atoms with E-state index in [0.717, 1.165) is 109 Å². The molecule has 1 aliphatic rings. The van der Waals surface area contributed by atoms with Crippen molar-refractivity contribution < 1.29 is 39.8 Å². The summed E-state index contributed by atoms with van der Waals surface area (Å²) in [7, 11) is 0. The number of carbonyl (C=O) groups excluding carboxylic acids is 1. The van der Waals surface area contributed by atoms with E-state index in [1.165, 1.54) is 148 Å². The van der Waals surface area contributed by atoms with Crippen LogP contribution in [0.25, 0.3) is 0 Å². The molecule has 1 heterocycles. The molecule has 516 valence electrons. The van der Waals surface area contributed by atoms with Crippen molar-refractivity contribution in [2.24, 2.45) is 0 Å². The summed E-state index contributed by atoms with van der Waals surface area (Å²) in [5, 5.41) is 54.7. The van der Waals surface area contributed by atoms with Crippen LogP contribution in [0.2, 0.25) is 0 Å². The average Bonchev–Trinajstić information content (AvgIpc) is 1.33. The maximum Gasteiger partial charge on any atom is 0.220 e. The maximum atomic E-state index is 13.1. The Kier molecular flexibility index (Phi) is 63.6. The Morgan fingerprint density at radius 1 is 0.385 bits per heavy atom. The van der Waals surface area contributed by atoms with Crippen molar-refractivity contribution in [3.63, 3.8) is 0 Å². The Bertz CT molecular complexity index is 2050. The summed E-state index contributed by atoms with van der Waals surface area (Å²) in [6, 6.07) is -0.861. The minimum absolute atomic E-state index is 0.229. The molecule has 9 nitrogen and oxygen atoms in total. The predicted octanol–water partition coefficient (Wildman–Crippen LogP) is 20.9. The van der Waals surface area contributed by atoms with Gasteiger partial charge in [0.2, 0.25) is 5.91 Å². The number of ether oxygens (including phenoxy) is 2. The second kappa shape index (κ2) is 68.4. The number of aliphatic hydroxyl groups excluding tert-OH is 5. The summed E-state index contributed by atoms with van der Waals surface area (Å²) in [6.07, 6.45) is 102. The molecule has 0 aromatic carbocycles. The van der Waals surface area contributed by atoms with E-state index in [2.05, 4.69) is 177 Å². The Balaban J connectivity index is 2.22. The lowest BCUT2D eigenvalue weighted by atomic mass is 9.99. The monoisotopic (exact) mass is 1260 g/mol. The predicted molar refractivity (Wildman–Crippen MR) is 391 cm³/mol. The number of allylic oxidation sites excluding steroid dienone is 27. The van der Waals surface area contributed by atoms with Crippen molar-refractivity contribution in [3.8, 4) is 0 Å². The third-order valence-corrected chi connectivity index (χ3v) is 16.3. The Morgan fingerprint density at radius 2 is 0.692 bits per heavy atom. The molecule has 0 aromatic heterocycles. The van der Waals surface area contributed by atoms with E-state index in [1.807, 2.05) is 6.08 Å². The lowest BCUT2D eigenvalue weighted by molar-refractivity contribution is -0.302. The van der Waals surface area contributed by atoms with Crippen molar-refractivity contribution in [1.29, 1.82) is 0 Å². The molecule has 7 unspecified atom stereocenters. The van der Waals surface area contributed by atoms with Crippen molar-refractivity contribution in [3.05, 3.63) is 170 Å². The summed E-state index contributed by atoms with van der Waals surface area (Å²) < 4.78 is 11.3. The fraction of sp³-hybridized carbons (Fsp3) is 0.646. The normalized spacial score (nSPS) is 18.8. The SMILES string of the molecule is CC/C=C\C/C=C\C/C=C\C/C=C\C/C=C\C/C=C\C/C=C\C/C=C\C/C=C\C/C=C\C/C=C\C/C=C\CCCCC(=O)NC(COC1OC(CO)C(O)C(O)C1O)C(O)/C=C/CC/C=C/CCCCCCCCCCCCCCCCCCCCCCCCC. The quantitative estimate of drug-likeness (QED) is 0.0261. The zero-order valence-electron chi connectivity index (χ0n) is 57.8. The molecule has 1 amide bonds. The summed E-state index contributed by atoms with van der Waals surface area (Å²) in [6.45, 7) is 3.64.